The molecule has 0 saturated carbocycles. The van der Waals surface area contributed by atoms with E-state index >= 15 is 0 Å². The van der Waals surface area contributed by atoms with Gasteiger partial charge in [-0.3, -0.25) is 19.4 Å². The molecule has 0 unspecified atom stereocenters. The van der Waals surface area contributed by atoms with E-state index in [0.717, 1.165) is 18.0 Å². The molecule has 7 nitrogen and oxygen atoms in total. The van der Waals surface area contributed by atoms with E-state index in [-0.39, 0.29) is 22.6 Å². The van der Waals surface area contributed by atoms with Gasteiger partial charge in [0.25, 0.3) is 5.56 Å². The molecule has 0 fully saturated rings. The molecule has 0 bridgehead atoms. The minimum atomic E-state index is -0.402. The highest BCUT2D eigenvalue weighted by Crippen LogP contribution is 2.24. The van der Waals surface area contributed by atoms with Crippen molar-refractivity contribution in [2.45, 2.75) is 5.16 Å². The van der Waals surface area contributed by atoms with Gasteiger partial charge in [-0.05, 0) is 18.2 Å². The van der Waals surface area contributed by atoms with E-state index < -0.39 is 5.56 Å². The average Bonchev–Trinajstić information content (AvgIpc) is 2.68. The zero-order valence-corrected chi connectivity index (χ0v) is 15.4. The minimum absolute atomic E-state index is 0.0176. The van der Waals surface area contributed by atoms with E-state index in [1.54, 1.807) is 36.4 Å². The number of amides is 1. The summed E-state index contributed by atoms with van der Waals surface area (Å²) in [6, 6.07) is 13.4. The van der Waals surface area contributed by atoms with Gasteiger partial charge in [0.15, 0.2) is 10.9 Å². The van der Waals surface area contributed by atoms with Crippen LogP contribution in [0, 0.1) is 0 Å². The smallest absolute Gasteiger partial charge is 0.270 e. The van der Waals surface area contributed by atoms with Crippen LogP contribution in [0.1, 0.15) is 15.9 Å². The molecule has 0 radical (unpaired) electrons. The number of aromatic amines is 1. The Bertz CT molecular complexity index is 1040. The van der Waals surface area contributed by atoms with Crippen LogP contribution in [0.4, 0.5) is 5.69 Å². The number of H-pyrrole nitrogens is 1. The van der Waals surface area contributed by atoms with Crippen LogP contribution in [0.2, 0.25) is 5.02 Å². The van der Waals surface area contributed by atoms with Crippen LogP contribution in [-0.2, 0) is 4.79 Å². The number of carbonyl (C=O) groups is 2. The fraction of sp³-hybridized carbons (Fsp3) is 0.0556. The Morgan fingerprint density at radius 1 is 1.15 bits per heavy atom. The normalized spacial score (nSPS) is 10.4. The van der Waals surface area contributed by atoms with Crippen molar-refractivity contribution in [3.8, 4) is 0 Å². The van der Waals surface area contributed by atoms with Gasteiger partial charge in [-0.2, -0.15) is 5.10 Å². The number of carbonyl (C=O) groups excluding carboxylic acids is 2. The van der Waals surface area contributed by atoms with Crippen LogP contribution in [0.25, 0.3) is 0 Å². The second kappa shape index (κ2) is 8.61. The number of thioether (sulfide) groups is 1. The van der Waals surface area contributed by atoms with Crippen molar-refractivity contribution in [1.29, 1.82) is 0 Å². The van der Waals surface area contributed by atoms with E-state index in [9.17, 15) is 14.4 Å². The largest absolute Gasteiger partial charge is 0.325 e. The van der Waals surface area contributed by atoms with Crippen LogP contribution in [0.3, 0.4) is 0 Å². The molecule has 0 saturated heterocycles. The predicted molar refractivity (Wildman–Crippen MR) is 103 cm³/mol. The van der Waals surface area contributed by atoms with E-state index in [2.05, 4.69) is 20.5 Å². The molecule has 2 aromatic carbocycles. The Labute approximate surface area is 163 Å². The number of halogens is 1. The number of nitrogens with zero attached hydrogens (tertiary/aromatic N) is 2. The maximum atomic E-state index is 12.7. The summed E-state index contributed by atoms with van der Waals surface area (Å²) < 4.78 is 0. The van der Waals surface area contributed by atoms with Gasteiger partial charge in [-0.15, -0.1) is 5.10 Å². The summed E-state index contributed by atoms with van der Waals surface area (Å²) in [6.45, 7) is 0. The molecule has 0 aliphatic rings. The quantitative estimate of drug-likeness (QED) is 0.487. The van der Waals surface area contributed by atoms with Crippen molar-refractivity contribution in [1.82, 2.24) is 15.2 Å². The number of rotatable bonds is 6. The van der Waals surface area contributed by atoms with Crippen LogP contribution >= 0.6 is 23.4 Å². The van der Waals surface area contributed by atoms with Gasteiger partial charge in [0, 0.05) is 16.1 Å². The summed E-state index contributed by atoms with van der Waals surface area (Å²) in [5, 5.41) is 10.6. The van der Waals surface area contributed by atoms with Gasteiger partial charge < -0.3 is 5.32 Å². The van der Waals surface area contributed by atoms with E-state index in [1.807, 2.05) is 6.07 Å². The second-order valence-corrected chi connectivity index (χ2v) is 6.76. The van der Waals surface area contributed by atoms with Gasteiger partial charge in [-0.1, -0.05) is 53.7 Å². The number of hydrogen-bond acceptors (Lipinski definition) is 6. The summed E-state index contributed by atoms with van der Waals surface area (Å²) in [6.07, 6.45) is 1.04. The molecule has 2 N–H and O–H groups in total. The van der Waals surface area contributed by atoms with Gasteiger partial charge in [0.05, 0.1) is 11.4 Å². The minimum Gasteiger partial charge on any atom is -0.325 e. The molecular weight excluding hydrogens is 388 g/mol. The fourth-order valence-corrected chi connectivity index (χ4v) is 3.03. The van der Waals surface area contributed by atoms with Gasteiger partial charge in [0.1, 0.15) is 6.20 Å². The van der Waals surface area contributed by atoms with E-state index in [4.69, 9.17) is 11.6 Å². The van der Waals surface area contributed by atoms with Crippen molar-refractivity contribution in [2.24, 2.45) is 0 Å². The first-order chi connectivity index (χ1) is 13.0. The highest BCUT2D eigenvalue weighted by Gasteiger charge is 2.16. The summed E-state index contributed by atoms with van der Waals surface area (Å²) in [4.78, 5) is 38.7. The molecule has 136 valence electrons. The van der Waals surface area contributed by atoms with Gasteiger partial charge in [0.2, 0.25) is 5.91 Å². The predicted octanol–water partition coefficient (Wildman–Crippen LogP) is 2.78. The van der Waals surface area contributed by atoms with Crippen LogP contribution < -0.4 is 10.9 Å². The topological polar surface area (TPSA) is 105 Å². The SMILES string of the molecule is O=C(CSc1nncc(=O)[nH]1)Nc1ccc(Cl)cc1C(=O)c1ccccc1. The Morgan fingerprint density at radius 2 is 1.93 bits per heavy atom. The third-order valence-electron chi connectivity index (χ3n) is 3.43. The first kappa shape index (κ1) is 18.8. The number of benzene rings is 2. The molecular formula is C18H13ClN4O3S. The van der Waals surface area contributed by atoms with E-state index in [1.165, 1.54) is 6.07 Å². The van der Waals surface area contributed by atoms with Crippen molar-refractivity contribution in [3.63, 3.8) is 0 Å². The third kappa shape index (κ3) is 5.02. The van der Waals surface area contributed by atoms with Crippen LogP contribution in [0.5, 0.6) is 0 Å². The lowest BCUT2D eigenvalue weighted by atomic mass is 10.0. The molecule has 0 aliphatic carbocycles. The average molecular weight is 401 g/mol. The molecule has 3 aromatic rings. The van der Waals surface area contributed by atoms with Gasteiger partial charge in [-0.25, -0.2) is 0 Å². The van der Waals surface area contributed by atoms with E-state index in [0.29, 0.717) is 21.8 Å². The molecule has 27 heavy (non-hydrogen) atoms. The fourth-order valence-electron chi connectivity index (χ4n) is 2.24. The molecule has 1 amide bonds. The maximum absolute atomic E-state index is 12.7. The first-order valence-corrected chi connectivity index (χ1v) is 9.13. The maximum Gasteiger partial charge on any atom is 0.270 e. The third-order valence-corrected chi connectivity index (χ3v) is 4.53. The Morgan fingerprint density at radius 3 is 2.67 bits per heavy atom. The lowest BCUT2D eigenvalue weighted by Gasteiger charge is -2.11. The Balaban J connectivity index is 1.75. The van der Waals surface area contributed by atoms with Crippen LogP contribution in [0.15, 0.2) is 64.7 Å². The second-order valence-electron chi connectivity index (χ2n) is 5.36. The molecule has 3 rings (SSSR count). The number of aromatic nitrogens is 3. The van der Waals surface area contributed by atoms with Crippen LogP contribution in [-0.4, -0.2) is 32.6 Å². The number of ketones is 1. The molecule has 0 atom stereocenters. The molecule has 1 heterocycles. The van der Waals surface area contributed by atoms with Crippen molar-refractivity contribution in [3.05, 3.63) is 81.2 Å². The lowest BCUT2D eigenvalue weighted by molar-refractivity contribution is -0.113. The molecule has 1 aromatic heterocycles. The molecule has 0 spiro atoms. The number of hydrogen-bond donors (Lipinski definition) is 2. The van der Waals surface area contributed by atoms with Crippen molar-refractivity contribution in [2.75, 3.05) is 11.1 Å². The number of anilines is 1. The first-order valence-electron chi connectivity index (χ1n) is 7.77. The standard InChI is InChI=1S/C18H13ClN4O3S/c19-12-6-7-14(13(8-12)17(26)11-4-2-1-3-5-11)21-16(25)10-27-18-22-15(24)9-20-23-18/h1-9H,10H2,(H,21,25)(H,22,23,24). The lowest BCUT2D eigenvalue weighted by Crippen LogP contribution is -2.18. The summed E-state index contributed by atoms with van der Waals surface area (Å²) in [5.74, 6) is -0.633. The zero-order valence-electron chi connectivity index (χ0n) is 13.8. The highest BCUT2D eigenvalue weighted by molar-refractivity contribution is 7.99. The van der Waals surface area contributed by atoms with Gasteiger partial charge >= 0.3 is 0 Å². The summed E-state index contributed by atoms with van der Waals surface area (Å²) >= 11 is 7.05. The monoisotopic (exact) mass is 400 g/mol. The van der Waals surface area contributed by atoms with Crippen molar-refractivity contribution < 1.29 is 9.59 Å². The molecule has 0 aliphatic heterocycles. The Kier molecular flexibility index (Phi) is 6.00. The number of nitrogens with one attached hydrogen (secondary N) is 2. The Hall–Kier alpha value is -2.97. The van der Waals surface area contributed by atoms with Crippen molar-refractivity contribution >= 4 is 40.7 Å². The summed E-state index contributed by atoms with van der Waals surface area (Å²) in [5.41, 5.74) is 0.731. The summed E-state index contributed by atoms with van der Waals surface area (Å²) in [7, 11) is 0. The zero-order chi connectivity index (χ0) is 19.2. The molecule has 9 heteroatoms. The highest BCUT2D eigenvalue weighted by atomic mass is 35.5.